The molecular formula is C36H24F6O7S2. The monoisotopic (exact) mass is 746 g/mol. The molecule has 6 rings (SSSR count). The van der Waals surface area contributed by atoms with Crippen LogP contribution in [-0.2, 0) is 18.0 Å². The lowest BCUT2D eigenvalue weighted by atomic mass is 10.1. The highest BCUT2D eigenvalue weighted by atomic mass is 32.1. The molecule has 7 nitrogen and oxygen atoms in total. The van der Waals surface area contributed by atoms with Crippen molar-refractivity contribution < 1.29 is 59.6 Å². The average Bonchev–Trinajstić information content (AvgIpc) is 3.63. The zero-order valence-corrected chi connectivity index (χ0v) is 28.1. The number of ether oxygens (including phenoxy) is 5. The number of alkyl halides is 6. The van der Waals surface area contributed by atoms with Crippen LogP contribution in [0.4, 0.5) is 26.3 Å². The zero-order chi connectivity index (χ0) is 36.5. The first-order valence-corrected chi connectivity index (χ1v) is 16.5. The molecule has 0 aliphatic heterocycles. The van der Waals surface area contributed by atoms with E-state index < -0.39 is 36.2 Å². The van der Waals surface area contributed by atoms with E-state index in [1.165, 1.54) is 59.1 Å². The third-order valence-electron chi connectivity index (χ3n) is 7.25. The second-order valence-electron chi connectivity index (χ2n) is 11.1. The maximum atomic E-state index is 13.6. The number of halogens is 6. The van der Waals surface area contributed by atoms with Crippen LogP contribution in [0.5, 0.6) is 23.0 Å². The molecule has 0 atom stereocenters. The van der Waals surface area contributed by atoms with Crippen LogP contribution in [0.2, 0.25) is 0 Å². The molecule has 0 bridgehead atoms. The lowest BCUT2D eigenvalue weighted by Gasteiger charge is -2.15. The summed E-state index contributed by atoms with van der Waals surface area (Å²) in [6.45, 7) is 3.46. The fourth-order valence-corrected chi connectivity index (χ4v) is 6.98. The Morgan fingerprint density at radius 2 is 0.941 bits per heavy atom. The molecular weight excluding hydrogens is 723 g/mol. The highest BCUT2D eigenvalue weighted by Gasteiger charge is 2.32. The van der Waals surface area contributed by atoms with E-state index in [1.807, 2.05) is 13.8 Å². The molecule has 15 heteroatoms. The smallest absolute Gasteiger partial charge is 0.487 e. The van der Waals surface area contributed by atoms with E-state index in [1.54, 1.807) is 24.3 Å². The molecule has 0 radical (unpaired) electrons. The largest absolute Gasteiger partial charge is 0.573 e. The van der Waals surface area contributed by atoms with E-state index in [-0.39, 0.29) is 35.8 Å². The lowest BCUT2D eigenvalue weighted by molar-refractivity contribution is -0.275. The van der Waals surface area contributed by atoms with Crippen LogP contribution in [-0.4, -0.2) is 24.7 Å². The van der Waals surface area contributed by atoms with Crippen LogP contribution in [0, 0.1) is 13.8 Å². The first-order valence-electron chi connectivity index (χ1n) is 14.9. The van der Waals surface area contributed by atoms with Gasteiger partial charge in [0.05, 0.1) is 0 Å². The van der Waals surface area contributed by atoms with Crippen molar-refractivity contribution in [2.24, 2.45) is 0 Å². The second kappa shape index (κ2) is 14.2. The number of hydrogen-bond acceptors (Lipinski definition) is 9. The summed E-state index contributed by atoms with van der Waals surface area (Å²) in [6.07, 6.45) is -9.69. The van der Waals surface area contributed by atoms with Gasteiger partial charge < -0.3 is 23.7 Å². The van der Waals surface area contributed by atoms with E-state index in [9.17, 15) is 35.9 Å². The number of aryl methyl sites for hydroxylation is 2. The number of thiophene rings is 2. The minimum absolute atomic E-state index is 0.0678. The first kappa shape index (κ1) is 35.5. The third-order valence-corrected chi connectivity index (χ3v) is 9.29. The van der Waals surface area contributed by atoms with E-state index in [4.69, 9.17) is 14.2 Å². The summed E-state index contributed by atoms with van der Waals surface area (Å²) < 4.78 is 102. The maximum Gasteiger partial charge on any atom is 0.573 e. The van der Waals surface area contributed by atoms with Gasteiger partial charge in [-0.3, -0.25) is 0 Å². The molecule has 4 aromatic carbocycles. The van der Waals surface area contributed by atoms with Gasteiger partial charge in [-0.15, -0.1) is 49.0 Å². The summed E-state index contributed by atoms with van der Waals surface area (Å²) in [7, 11) is 0. The van der Waals surface area contributed by atoms with Crippen LogP contribution in [0.3, 0.4) is 0 Å². The van der Waals surface area contributed by atoms with E-state index in [2.05, 4.69) is 9.47 Å². The van der Waals surface area contributed by atoms with Gasteiger partial charge in [-0.05, 0) is 85.6 Å². The summed E-state index contributed by atoms with van der Waals surface area (Å²) in [6, 6.07) is 20.0. The minimum Gasteiger partial charge on any atom is -0.487 e. The summed E-state index contributed by atoms with van der Waals surface area (Å²) in [5.74, 6) is -2.63. The van der Waals surface area contributed by atoms with Crippen LogP contribution < -0.4 is 18.9 Å². The lowest BCUT2D eigenvalue weighted by Crippen LogP contribution is -2.17. The van der Waals surface area contributed by atoms with Crippen LogP contribution in [0.15, 0.2) is 84.9 Å². The Morgan fingerprint density at radius 1 is 0.569 bits per heavy atom. The number of carbonyl (C=O) groups excluding carboxylic acids is 2. The van der Waals surface area contributed by atoms with Crippen molar-refractivity contribution in [3.8, 4) is 23.0 Å². The van der Waals surface area contributed by atoms with Gasteiger partial charge in [-0.2, -0.15) is 0 Å². The standard InChI is InChI=1S/C36H24F6O7S2/c1-19-15-27-29(50-19)13-11-25(31(27)45-17-21-3-7-23(8-4-21)48-35(37,38)39)33(43)47-34(44)26-12-14-30-28(16-20(2)51-30)32(26)46-18-22-5-9-24(10-6-22)49-36(40,41)42/h3-16H,17-18H2,1-2H3. The summed E-state index contributed by atoms with van der Waals surface area (Å²) in [4.78, 5) is 29.0. The molecule has 0 aliphatic carbocycles. The Bertz CT molecular complexity index is 2060. The molecule has 0 N–H and O–H groups in total. The molecule has 2 aromatic heterocycles. The van der Waals surface area contributed by atoms with Gasteiger partial charge in [0.1, 0.15) is 47.3 Å². The van der Waals surface area contributed by atoms with Gasteiger partial charge in [0.2, 0.25) is 0 Å². The first-order chi connectivity index (χ1) is 24.1. The van der Waals surface area contributed by atoms with Crippen molar-refractivity contribution in [1.29, 1.82) is 0 Å². The second-order valence-corrected chi connectivity index (χ2v) is 13.6. The molecule has 51 heavy (non-hydrogen) atoms. The molecule has 0 unspecified atom stereocenters. The minimum atomic E-state index is -4.84. The molecule has 2 heterocycles. The van der Waals surface area contributed by atoms with Crippen molar-refractivity contribution >= 4 is 54.8 Å². The Labute approximate surface area is 293 Å². The van der Waals surface area contributed by atoms with E-state index in [0.29, 0.717) is 21.9 Å². The molecule has 264 valence electrons. The molecule has 0 saturated carbocycles. The number of carbonyl (C=O) groups is 2. The van der Waals surface area contributed by atoms with Crippen molar-refractivity contribution in [2.45, 2.75) is 39.8 Å². The Balaban J connectivity index is 1.24. The van der Waals surface area contributed by atoms with Crippen molar-refractivity contribution in [3.05, 3.63) is 117 Å². The van der Waals surface area contributed by atoms with Gasteiger partial charge in [-0.1, -0.05) is 24.3 Å². The van der Waals surface area contributed by atoms with Gasteiger partial charge in [-0.25, -0.2) is 9.59 Å². The molecule has 0 amide bonds. The number of rotatable bonds is 10. The quantitative estimate of drug-likeness (QED) is 0.0784. The third kappa shape index (κ3) is 8.72. The predicted molar refractivity (Wildman–Crippen MR) is 178 cm³/mol. The van der Waals surface area contributed by atoms with Gasteiger partial charge in [0.15, 0.2) is 0 Å². The summed E-state index contributed by atoms with van der Waals surface area (Å²) in [5.41, 5.74) is 0.823. The Hall–Kier alpha value is -5.28. The number of benzene rings is 4. The summed E-state index contributed by atoms with van der Waals surface area (Å²) in [5, 5.41) is 1.14. The number of esters is 2. The molecule has 6 aromatic rings. The molecule has 0 spiro atoms. The normalized spacial score (nSPS) is 11.8. The fraction of sp³-hybridized carbons (Fsp3) is 0.167. The number of fused-ring (bicyclic) bond motifs is 2. The fourth-order valence-electron chi connectivity index (χ4n) is 5.14. The van der Waals surface area contributed by atoms with Crippen LogP contribution >= 0.6 is 22.7 Å². The number of hydrogen-bond donors (Lipinski definition) is 0. The molecule has 0 aliphatic rings. The Morgan fingerprint density at radius 3 is 1.29 bits per heavy atom. The SMILES string of the molecule is Cc1cc2c(OCc3ccc(OC(F)(F)F)cc3)c(C(=O)OC(=O)c3ccc4sc(C)cc4c3OCc3ccc(OC(F)(F)F)cc3)ccc2s1. The van der Waals surface area contributed by atoms with Crippen LogP contribution in [0.25, 0.3) is 20.2 Å². The molecule has 0 saturated heterocycles. The maximum absolute atomic E-state index is 13.6. The zero-order valence-electron chi connectivity index (χ0n) is 26.4. The van der Waals surface area contributed by atoms with Gasteiger partial charge in [0, 0.05) is 29.9 Å². The van der Waals surface area contributed by atoms with Crippen molar-refractivity contribution in [1.82, 2.24) is 0 Å². The van der Waals surface area contributed by atoms with Gasteiger partial charge >= 0.3 is 24.7 Å². The van der Waals surface area contributed by atoms with Crippen LogP contribution in [0.1, 0.15) is 41.6 Å². The van der Waals surface area contributed by atoms with E-state index >= 15 is 0 Å². The van der Waals surface area contributed by atoms with Crippen molar-refractivity contribution in [3.63, 3.8) is 0 Å². The van der Waals surface area contributed by atoms with Crippen molar-refractivity contribution in [2.75, 3.05) is 0 Å². The highest BCUT2D eigenvalue weighted by molar-refractivity contribution is 7.19. The highest BCUT2D eigenvalue weighted by Crippen LogP contribution is 2.39. The summed E-state index contributed by atoms with van der Waals surface area (Å²) >= 11 is 2.89. The Kier molecular flexibility index (Phi) is 9.86. The topological polar surface area (TPSA) is 80.3 Å². The predicted octanol–water partition coefficient (Wildman–Crippen LogP) is 10.7. The molecule has 0 fully saturated rings. The van der Waals surface area contributed by atoms with E-state index in [0.717, 1.165) is 43.4 Å². The van der Waals surface area contributed by atoms with Gasteiger partial charge in [0.25, 0.3) is 0 Å². The average molecular weight is 747 g/mol.